The molecule has 2 saturated heterocycles. The van der Waals surface area contributed by atoms with Crippen LogP contribution in [0.5, 0.6) is 0 Å². The van der Waals surface area contributed by atoms with Gasteiger partial charge in [0.15, 0.2) is 0 Å². The third-order valence-electron chi connectivity index (χ3n) is 5.20. The maximum atomic E-state index is 3.62. The number of likely N-dealkylation sites (tertiary alicyclic amines) is 2. The Hall–Kier alpha value is -0.120. The highest BCUT2D eigenvalue weighted by molar-refractivity contribution is 4.80. The van der Waals surface area contributed by atoms with E-state index >= 15 is 0 Å². The minimum absolute atomic E-state index is 0.252. The Labute approximate surface area is 132 Å². The first-order valence-corrected chi connectivity index (χ1v) is 9.15. The molecule has 0 amide bonds. The number of hydrogen-bond donors (Lipinski definition) is 1. The maximum Gasteiger partial charge on any atom is 0.00965 e. The lowest BCUT2D eigenvalue weighted by Crippen LogP contribution is -2.44. The summed E-state index contributed by atoms with van der Waals surface area (Å²) >= 11 is 0. The number of piperidine rings is 1. The van der Waals surface area contributed by atoms with Crippen molar-refractivity contribution in [3.05, 3.63) is 0 Å². The summed E-state index contributed by atoms with van der Waals surface area (Å²) in [5.41, 5.74) is 0.252. The molecular formula is C18H37N3. The van der Waals surface area contributed by atoms with Gasteiger partial charge in [0, 0.05) is 18.1 Å². The van der Waals surface area contributed by atoms with Crippen LogP contribution in [0.4, 0.5) is 0 Å². The van der Waals surface area contributed by atoms with Crippen LogP contribution in [0.15, 0.2) is 0 Å². The Bertz CT molecular complexity index is 283. The summed E-state index contributed by atoms with van der Waals surface area (Å²) in [6, 6.07) is 0.729. The summed E-state index contributed by atoms with van der Waals surface area (Å²) < 4.78 is 0. The first-order chi connectivity index (χ1) is 9.94. The van der Waals surface area contributed by atoms with Crippen LogP contribution in [0.2, 0.25) is 0 Å². The van der Waals surface area contributed by atoms with E-state index in [1.165, 1.54) is 64.8 Å². The zero-order valence-corrected chi connectivity index (χ0v) is 14.8. The van der Waals surface area contributed by atoms with Crippen LogP contribution in [0, 0.1) is 5.92 Å². The Morgan fingerprint density at radius 2 is 1.67 bits per heavy atom. The van der Waals surface area contributed by atoms with Gasteiger partial charge < -0.3 is 15.1 Å². The molecule has 2 aliphatic heterocycles. The van der Waals surface area contributed by atoms with E-state index in [4.69, 9.17) is 0 Å². The standard InChI is InChI=1S/C18H37N3/c1-16(7-10-19-18(2,3)4)21-13-8-17(9-14-21)15-20-11-5-6-12-20/h16-17,19H,5-15H2,1-4H3. The molecule has 1 unspecified atom stereocenters. The largest absolute Gasteiger partial charge is 0.312 e. The molecule has 0 spiro atoms. The molecule has 3 heteroatoms. The van der Waals surface area contributed by atoms with Crippen LogP contribution in [0.1, 0.15) is 59.8 Å². The molecule has 2 heterocycles. The minimum atomic E-state index is 0.252. The Morgan fingerprint density at radius 1 is 1.05 bits per heavy atom. The fourth-order valence-electron chi connectivity index (χ4n) is 3.75. The summed E-state index contributed by atoms with van der Waals surface area (Å²) in [7, 11) is 0. The van der Waals surface area contributed by atoms with Crippen molar-refractivity contribution in [3.8, 4) is 0 Å². The van der Waals surface area contributed by atoms with E-state index in [2.05, 4.69) is 42.8 Å². The van der Waals surface area contributed by atoms with Gasteiger partial charge in [0.25, 0.3) is 0 Å². The van der Waals surface area contributed by atoms with Gasteiger partial charge in [0.05, 0.1) is 0 Å². The second kappa shape index (κ2) is 7.94. The third-order valence-corrected chi connectivity index (χ3v) is 5.20. The van der Waals surface area contributed by atoms with Crippen molar-refractivity contribution < 1.29 is 0 Å². The smallest absolute Gasteiger partial charge is 0.00965 e. The Kier molecular flexibility index (Phi) is 6.51. The third kappa shape index (κ3) is 6.25. The van der Waals surface area contributed by atoms with Gasteiger partial charge in [-0.05, 0) is 98.4 Å². The summed E-state index contributed by atoms with van der Waals surface area (Å²) in [5, 5.41) is 3.62. The molecule has 1 atom stereocenters. The van der Waals surface area contributed by atoms with Gasteiger partial charge in [-0.15, -0.1) is 0 Å². The first kappa shape index (κ1) is 17.2. The summed E-state index contributed by atoms with van der Waals surface area (Å²) in [6.07, 6.45) is 6.95. The van der Waals surface area contributed by atoms with Crippen molar-refractivity contribution in [1.29, 1.82) is 0 Å². The van der Waals surface area contributed by atoms with E-state index in [0.717, 1.165) is 18.5 Å². The Balaban J connectivity index is 1.61. The van der Waals surface area contributed by atoms with Gasteiger partial charge in [-0.2, -0.15) is 0 Å². The number of rotatable bonds is 6. The van der Waals surface area contributed by atoms with E-state index in [0.29, 0.717) is 0 Å². The van der Waals surface area contributed by atoms with Crippen molar-refractivity contribution in [2.24, 2.45) is 5.92 Å². The number of hydrogen-bond acceptors (Lipinski definition) is 3. The molecule has 2 fully saturated rings. The van der Waals surface area contributed by atoms with Crippen LogP contribution in [0.3, 0.4) is 0 Å². The number of nitrogens with one attached hydrogen (secondary N) is 1. The molecule has 0 bridgehead atoms. The molecule has 0 radical (unpaired) electrons. The van der Waals surface area contributed by atoms with Crippen molar-refractivity contribution in [1.82, 2.24) is 15.1 Å². The second-order valence-electron chi connectivity index (χ2n) is 8.30. The quantitative estimate of drug-likeness (QED) is 0.813. The van der Waals surface area contributed by atoms with E-state index in [1.807, 2.05) is 0 Å². The molecule has 2 rings (SSSR count). The lowest BCUT2D eigenvalue weighted by molar-refractivity contribution is 0.117. The highest BCUT2D eigenvalue weighted by Gasteiger charge is 2.25. The molecule has 0 aliphatic carbocycles. The van der Waals surface area contributed by atoms with E-state index in [1.54, 1.807) is 0 Å². The van der Waals surface area contributed by atoms with E-state index in [9.17, 15) is 0 Å². The zero-order chi connectivity index (χ0) is 15.3. The van der Waals surface area contributed by atoms with Crippen LogP contribution < -0.4 is 5.32 Å². The maximum absolute atomic E-state index is 3.62. The van der Waals surface area contributed by atoms with Gasteiger partial charge in [-0.3, -0.25) is 0 Å². The highest BCUT2D eigenvalue weighted by Crippen LogP contribution is 2.22. The fourth-order valence-corrected chi connectivity index (χ4v) is 3.75. The van der Waals surface area contributed by atoms with Crippen molar-refractivity contribution in [2.75, 3.05) is 39.3 Å². The summed E-state index contributed by atoms with van der Waals surface area (Å²) in [4.78, 5) is 5.40. The molecule has 21 heavy (non-hydrogen) atoms. The molecule has 0 aromatic rings. The van der Waals surface area contributed by atoms with Gasteiger partial charge in [-0.25, -0.2) is 0 Å². The topological polar surface area (TPSA) is 18.5 Å². The molecule has 3 nitrogen and oxygen atoms in total. The SMILES string of the molecule is CC(CCNC(C)(C)C)N1CCC(CN2CCCC2)CC1. The predicted octanol–water partition coefficient (Wildman–Crippen LogP) is 2.96. The van der Waals surface area contributed by atoms with Gasteiger partial charge in [-0.1, -0.05) is 0 Å². The number of nitrogens with zero attached hydrogens (tertiary/aromatic N) is 2. The van der Waals surface area contributed by atoms with Crippen molar-refractivity contribution in [3.63, 3.8) is 0 Å². The van der Waals surface area contributed by atoms with Crippen molar-refractivity contribution >= 4 is 0 Å². The molecular weight excluding hydrogens is 258 g/mol. The van der Waals surface area contributed by atoms with Crippen molar-refractivity contribution in [2.45, 2.75) is 71.4 Å². The predicted molar refractivity (Wildman–Crippen MR) is 91.8 cm³/mol. The monoisotopic (exact) mass is 295 g/mol. The first-order valence-electron chi connectivity index (χ1n) is 9.15. The van der Waals surface area contributed by atoms with E-state index < -0.39 is 0 Å². The van der Waals surface area contributed by atoms with E-state index in [-0.39, 0.29) is 5.54 Å². The highest BCUT2D eigenvalue weighted by atomic mass is 15.2. The average molecular weight is 296 g/mol. The fraction of sp³-hybridized carbons (Fsp3) is 1.00. The van der Waals surface area contributed by atoms with Crippen LogP contribution in [0.25, 0.3) is 0 Å². The average Bonchev–Trinajstić information content (AvgIpc) is 2.91. The van der Waals surface area contributed by atoms with Crippen LogP contribution in [-0.4, -0.2) is 60.6 Å². The zero-order valence-electron chi connectivity index (χ0n) is 14.8. The minimum Gasteiger partial charge on any atom is -0.312 e. The molecule has 2 aliphatic rings. The van der Waals surface area contributed by atoms with Gasteiger partial charge >= 0.3 is 0 Å². The summed E-state index contributed by atoms with van der Waals surface area (Å²) in [6.45, 7) is 17.0. The van der Waals surface area contributed by atoms with Gasteiger partial charge in [0.2, 0.25) is 0 Å². The van der Waals surface area contributed by atoms with Gasteiger partial charge in [0.1, 0.15) is 0 Å². The summed E-state index contributed by atoms with van der Waals surface area (Å²) in [5.74, 6) is 0.958. The van der Waals surface area contributed by atoms with Crippen LogP contribution >= 0.6 is 0 Å². The lowest BCUT2D eigenvalue weighted by Gasteiger charge is -2.37. The Morgan fingerprint density at radius 3 is 2.24 bits per heavy atom. The molecule has 0 saturated carbocycles. The molecule has 0 aromatic carbocycles. The lowest BCUT2D eigenvalue weighted by atomic mass is 9.95. The normalized spacial score (nSPS) is 24.6. The molecule has 0 aromatic heterocycles. The molecule has 124 valence electrons. The van der Waals surface area contributed by atoms with Crippen LogP contribution in [-0.2, 0) is 0 Å². The second-order valence-corrected chi connectivity index (χ2v) is 8.30. The molecule has 1 N–H and O–H groups in total.